The van der Waals surface area contributed by atoms with E-state index in [2.05, 4.69) is 0 Å². The number of aldehydes is 1. The molecule has 0 N–H and O–H groups in total. The van der Waals surface area contributed by atoms with Gasteiger partial charge in [-0.2, -0.15) is 0 Å². The lowest BCUT2D eigenvalue weighted by Crippen LogP contribution is -2.40. The lowest BCUT2D eigenvalue weighted by Gasteiger charge is -2.29. The van der Waals surface area contributed by atoms with E-state index in [1.54, 1.807) is 0 Å². The van der Waals surface area contributed by atoms with Crippen LogP contribution in [0, 0.1) is 0 Å². The van der Waals surface area contributed by atoms with Crippen molar-refractivity contribution in [3.05, 3.63) is 71.8 Å². The Morgan fingerprint density at radius 3 is 1.88 bits per heavy atom. The van der Waals surface area contributed by atoms with Crippen LogP contribution < -0.4 is 0 Å². The van der Waals surface area contributed by atoms with Gasteiger partial charge in [-0.05, 0) is 31.9 Å². The Kier molecular flexibility index (Phi) is 6.34. The Bertz CT molecular complexity index is 638. The molecule has 0 heterocycles. The minimum absolute atomic E-state index is 0.00504. The van der Waals surface area contributed by atoms with Gasteiger partial charge in [0.15, 0.2) is 0 Å². The first kappa shape index (κ1) is 18.7. The van der Waals surface area contributed by atoms with Gasteiger partial charge in [-0.25, -0.2) is 4.79 Å². The molecule has 0 saturated heterocycles. The number of hydrogen-bond donors (Lipinski definition) is 0. The lowest BCUT2D eigenvalue weighted by atomic mass is 9.91. The standard InChI is InChI=1S/C21H25NO3/c1-21(2,3)25-20(24)22(14-15-23)16-19(17-10-6-4-7-11-17)18-12-8-5-9-13-18/h4-13,15,19H,14,16H2,1-3H3. The van der Waals surface area contributed by atoms with Gasteiger partial charge in [-0.15, -0.1) is 0 Å². The Hall–Kier alpha value is -2.62. The molecule has 4 nitrogen and oxygen atoms in total. The van der Waals surface area contributed by atoms with Crippen LogP contribution in [0.15, 0.2) is 60.7 Å². The average Bonchev–Trinajstić information content (AvgIpc) is 2.58. The second kappa shape index (κ2) is 8.47. The van der Waals surface area contributed by atoms with Crippen molar-refractivity contribution in [3.8, 4) is 0 Å². The number of hydrogen-bond acceptors (Lipinski definition) is 3. The molecule has 2 aromatic carbocycles. The highest BCUT2D eigenvalue weighted by Gasteiger charge is 2.25. The first-order chi connectivity index (χ1) is 11.9. The Morgan fingerprint density at radius 1 is 1.00 bits per heavy atom. The summed E-state index contributed by atoms with van der Waals surface area (Å²) in [6.07, 6.45) is 0.258. The van der Waals surface area contributed by atoms with E-state index >= 15 is 0 Å². The molecule has 0 aromatic heterocycles. The van der Waals surface area contributed by atoms with Crippen molar-refractivity contribution in [2.45, 2.75) is 32.3 Å². The second-order valence-corrected chi connectivity index (χ2v) is 6.93. The predicted molar refractivity (Wildman–Crippen MR) is 98.6 cm³/mol. The van der Waals surface area contributed by atoms with E-state index in [4.69, 9.17) is 4.74 Å². The van der Waals surface area contributed by atoms with Crippen LogP contribution in [0.1, 0.15) is 37.8 Å². The maximum absolute atomic E-state index is 12.5. The van der Waals surface area contributed by atoms with Crippen molar-refractivity contribution >= 4 is 12.4 Å². The zero-order chi connectivity index (χ0) is 18.3. The van der Waals surface area contributed by atoms with Crippen LogP contribution in [0.25, 0.3) is 0 Å². The molecule has 0 spiro atoms. The summed E-state index contributed by atoms with van der Waals surface area (Å²) in [5.74, 6) is -0.0325. The number of ether oxygens (including phenoxy) is 1. The molecule has 0 radical (unpaired) electrons. The number of rotatable bonds is 6. The predicted octanol–water partition coefficient (Wildman–Crippen LogP) is 4.25. The molecule has 0 unspecified atom stereocenters. The maximum atomic E-state index is 12.5. The SMILES string of the molecule is CC(C)(C)OC(=O)N(CC=O)CC(c1ccccc1)c1ccccc1. The molecular formula is C21H25NO3. The van der Waals surface area contributed by atoms with Crippen molar-refractivity contribution < 1.29 is 14.3 Å². The monoisotopic (exact) mass is 339 g/mol. The molecule has 2 aromatic rings. The number of amides is 1. The van der Waals surface area contributed by atoms with Gasteiger partial charge in [0.05, 0.1) is 6.54 Å². The summed E-state index contributed by atoms with van der Waals surface area (Å²) in [5, 5.41) is 0. The van der Waals surface area contributed by atoms with E-state index in [0.29, 0.717) is 6.54 Å². The van der Waals surface area contributed by atoms with Crippen molar-refractivity contribution in [1.29, 1.82) is 0 Å². The molecular weight excluding hydrogens is 314 g/mol. The van der Waals surface area contributed by atoms with E-state index in [-0.39, 0.29) is 12.5 Å². The lowest BCUT2D eigenvalue weighted by molar-refractivity contribution is -0.109. The highest BCUT2D eigenvalue weighted by atomic mass is 16.6. The Labute approximate surface area is 149 Å². The molecule has 0 fully saturated rings. The highest BCUT2D eigenvalue weighted by molar-refractivity contribution is 5.72. The van der Waals surface area contributed by atoms with E-state index < -0.39 is 11.7 Å². The van der Waals surface area contributed by atoms with Crippen LogP contribution in [0.3, 0.4) is 0 Å². The zero-order valence-electron chi connectivity index (χ0n) is 15.0. The minimum atomic E-state index is -0.604. The molecule has 0 aliphatic heterocycles. The third-order valence-electron chi connectivity index (χ3n) is 3.75. The molecule has 1 amide bonds. The minimum Gasteiger partial charge on any atom is -0.444 e. The Morgan fingerprint density at radius 2 is 1.48 bits per heavy atom. The van der Waals surface area contributed by atoms with Crippen LogP contribution in [-0.2, 0) is 9.53 Å². The second-order valence-electron chi connectivity index (χ2n) is 6.93. The van der Waals surface area contributed by atoms with Gasteiger partial charge < -0.3 is 14.4 Å². The number of carbonyl (C=O) groups is 2. The number of benzene rings is 2. The fraction of sp³-hybridized carbons (Fsp3) is 0.333. The average molecular weight is 339 g/mol. The zero-order valence-corrected chi connectivity index (χ0v) is 15.0. The van der Waals surface area contributed by atoms with Gasteiger partial charge in [0, 0.05) is 12.5 Å². The molecule has 0 atom stereocenters. The van der Waals surface area contributed by atoms with Crippen molar-refractivity contribution in [2.24, 2.45) is 0 Å². The van der Waals surface area contributed by atoms with E-state index in [9.17, 15) is 9.59 Å². The smallest absolute Gasteiger partial charge is 0.410 e. The number of nitrogens with zero attached hydrogens (tertiary/aromatic N) is 1. The summed E-state index contributed by atoms with van der Waals surface area (Å²) < 4.78 is 5.45. The maximum Gasteiger partial charge on any atom is 0.410 e. The van der Waals surface area contributed by atoms with Crippen molar-refractivity contribution in [2.75, 3.05) is 13.1 Å². The van der Waals surface area contributed by atoms with Gasteiger partial charge in [0.2, 0.25) is 0 Å². The van der Waals surface area contributed by atoms with E-state index in [1.165, 1.54) is 4.90 Å². The summed E-state index contributed by atoms with van der Waals surface area (Å²) >= 11 is 0. The van der Waals surface area contributed by atoms with Crippen molar-refractivity contribution in [3.63, 3.8) is 0 Å². The highest BCUT2D eigenvalue weighted by Crippen LogP contribution is 2.26. The molecule has 0 saturated carbocycles. The Balaban J connectivity index is 2.30. The van der Waals surface area contributed by atoms with Crippen LogP contribution in [0.2, 0.25) is 0 Å². The summed E-state index contributed by atoms with van der Waals surface area (Å²) in [7, 11) is 0. The van der Waals surface area contributed by atoms with Gasteiger partial charge in [0.1, 0.15) is 11.9 Å². The fourth-order valence-electron chi connectivity index (χ4n) is 2.63. The first-order valence-electron chi connectivity index (χ1n) is 8.42. The summed E-state index contributed by atoms with van der Waals surface area (Å²) in [4.78, 5) is 25.0. The molecule has 2 rings (SSSR count). The van der Waals surface area contributed by atoms with Crippen LogP contribution in [0.5, 0.6) is 0 Å². The van der Waals surface area contributed by atoms with E-state index in [0.717, 1.165) is 17.4 Å². The quantitative estimate of drug-likeness (QED) is 0.739. The van der Waals surface area contributed by atoms with Crippen molar-refractivity contribution in [1.82, 2.24) is 4.90 Å². The molecule has 0 aliphatic carbocycles. The third kappa shape index (κ3) is 5.75. The fourth-order valence-corrected chi connectivity index (χ4v) is 2.63. The van der Waals surface area contributed by atoms with Gasteiger partial charge >= 0.3 is 6.09 Å². The molecule has 4 heteroatoms. The van der Waals surface area contributed by atoms with Gasteiger partial charge in [-0.3, -0.25) is 0 Å². The normalized spacial score (nSPS) is 11.2. The molecule has 0 aliphatic rings. The van der Waals surface area contributed by atoms with E-state index in [1.807, 2.05) is 81.4 Å². The summed E-state index contributed by atoms with van der Waals surface area (Å²) in [6.45, 7) is 5.83. The van der Waals surface area contributed by atoms with Crippen LogP contribution >= 0.6 is 0 Å². The summed E-state index contributed by atoms with van der Waals surface area (Å²) in [5.41, 5.74) is 1.58. The summed E-state index contributed by atoms with van der Waals surface area (Å²) in [6, 6.07) is 20.0. The van der Waals surface area contributed by atoms with Crippen LogP contribution in [-0.4, -0.2) is 36.0 Å². The molecule has 0 bridgehead atoms. The van der Waals surface area contributed by atoms with Crippen LogP contribution in [0.4, 0.5) is 4.79 Å². The van der Waals surface area contributed by atoms with Gasteiger partial charge in [-0.1, -0.05) is 60.7 Å². The first-order valence-corrected chi connectivity index (χ1v) is 8.42. The topological polar surface area (TPSA) is 46.6 Å². The molecule has 132 valence electrons. The van der Waals surface area contributed by atoms with Gasteiger partial charge in [0.25, 0.3) is 0 Å². The molecule has 25 heavy (non-hydrogen) atoms. The largest absolute Gasteiger partial charge is 0.444 e. The third-order valence-corrected chi connectivity index (χ3v) is 3.75. The number of carbonyl (C=O) groups excluding carboxylic acids is 2.